The van der Waals surface area contributed by atoms with Crippen LogP contribution in [-0.4, -0.2) is 11.6 Å². The van der Waals surface area contributed by atoms with Crippen LogP contribution in [0.15, 0.2) is 0 Å². The molecule has 0 aromatic carbocycles. The second kappa shape index (κ2) is 0.967. The van der Waals surface area contributed by atoms with E-state index in [-0.39, 0.29) is 12.8 Å². The zero-order valence-electron chi connectivity index (χ0n) is 3.61. The summed E-state index contributed by atoms with van der Waals surface area (Å²) in [6, 6.07) is 0. The highest BCUT2D eigenvalue weighted by atomic mass is 19.1. The van der Waals surface area contributed by atoms with Crippen LogP contribution in [0.4, 0.5) is 4.39 Å². The van der Waals surface area contributed by atoms with Gasteiger partial charge < -0.3 is 9.90 Å². The minimum absolute atomic E-state index is 0.134. The summed E-state index contributed by atoms with van der Waals surface area (Å²) in [6.07, 6.45) is 0.269. The van der Waals surface area contributed by atoms with Gasteiger partial charge in [0, 0.05) is 0 Å². The Labute approximate surface area is 39.9 Å². The zero-order valence-corrected chi connectivity index (χ0v) is 3.61. The molecule has 7 heavy (non-hydrogen) atoms. The topological polar surface area (TPSA) is 40.1 Å². The van der Waals surface area contributed by atoms with Crippen molar-refractivity contribution in [2.24, 2.45) is 0 Å². The highest BCUT2D eigenvalue weighted by Crippen LogP contribution is 2.38. The Morgan fingerprint density at radius 2 is 2.14 bits per heavy atom. The Balaban J connectivity index is 2.55. The third-order valence-corrected chi connectivity index (χ3v) is 1.05. The van der Waals surface area contributed by atoms with Crippen molar-refractivity contribution in [1.29, 1.82) is 0 Å². The van der Waals surface area contributed by atoms with E-state index in [2.05, 4.69) is 0 Å². The van der Waals surface area contributed by atoms with Crippen LogP contribution in [0, 0.1) is 0 Å². The number of carboxylic acid groups (broad SMARTS) is 1. The van der Waals surface area contributed by atoms with Crippen molar-refractivity contribution >= 4 is 5.97 Å². The van der Waals surface area contributed by atoms with Gasteiger partial charge in [-0.3, -0.25) is 0 Å². The Kier molecular flexibility index (Phi) is 0.629. The fourth-order valence-electron chi connectivity index (χ4n) is 0.314. The van der Waals surface area contributed by atoms with Crippen LogP contribution < -0.4 is 5.11 Å². The van der Waals surface area contributed by atoms with Gasteiger partial charge in [-0.15, -0.1) is 0 Å². The molecule has 1 saturated carbocycles. The van der Waals surface area contributed by atoms with Crippen molar-refractivity contribution in [1.82, 2.24) is 0 Å². The summed E-state index contributed by atoms with van der Waals surface area (Å²) in [5.74, 6) is -1.56. The standard InChI is InChI=1S/C4H5FO2/c5-4(1-2-4)3(6)7/h1-2H2,(H,6,7)/p-1. The van der Waals surface area contributed by atoms with Crippen molar-refractivity contribution in [3.8, 4) is 0 Å². The molecule has 0 atom stereocenters. The van der Waals surface area contributed by atoms with Gasteiger partial charge in [-0.25, -0.2) is 4.39 Å². The average Bonchev–Trinajstić information content (AvgIpc) is 2.21. The van der Waals surface area contributed by atoms with Crippen LogP contribution in [0.5, 0.6) is 0 Å². The van der Waals surface area contributed by atoms with Gasteiger partial charge in [-0.05, 0) is 12.8 Å². The number of aliphatic carboxylic acids is 1. The first kappa shape index (κ1) is 4.56. The van der Waals surface area contributed by atoms with Crippen LogP contribution in [0.25, 0.3) is 0 Å². The van der Waals surface area contributed by atoms with E-state index in [1.165, 1.54) is 0 Å². The van der Waals surface area contributed by atoms with Gasteiger partial charge in [0.05, 0.1) is 5.97 Å². The van der Waals surface area contributed by atoms with Crippen molar-refractivity contribution in [2.45, 2.75) is 18.5 Å². The molecule has 0 aromatic rings. The minimum Gasteiger partial charge on any atom is -0.547 e. The van der Waals surface area contributed by atoms with Gasteiger partial charge >= 0.3 is 0 Å². The SMILES string of the molecule is O=C([O-])C1(F)CC1. The summed E-state index contributed by atoms with van der Waals surface area (Å²) >= 11 is 0. The maximum Gasteiger partial charge on any atom is 0.150 e. The lowest BCUT2D eigenvalue weighted by molar-refractivity contribution is -0.314. The van der Waals surface area contributed by atoms with Gasteiger partial charge in [0.15, 0.2) is 0 Å². The molecular weight excluding hydrogens is 99.0 g/mol. The fraction of sp³-hybridized carbons (Fsp3) is 0.750. The Morgan fingerprint density at radius 1 is 1.71 bits per heavy atom. The monoisotopic (exact) mass is 103 g/mol. The van der Waals surface area contributed by atoms with E-state index in [0.29, 0.717) is 0 Å². The molecule has 0 aromatic heterocycles. The van der Waals surface area contributed by atoms with Crippen molar-refractivity contribution in [3.05, 3.63) is 0 Å². The van der Waals surface area contributed by atoms with Gasteiger partial charge in [0.2, 0.25) is 0 Å². The van der Waals surface area contributed by atoms with E-state index in [9.17, 15) is 14.3 Å². The highest BCUT2D eigenvalue weighted by Gasteiger charge is 2.44. The fourth-order valence-corrected chi connectivity index (χ4v) is 0.314. The number of alkyl halides is 1. The summed E-state index contributed by atoms with van der Waals surface area (Å²) < 4.78 is 12.0. The second-order valence-corrected chi connectivity index (χ2v) is 1.75. The summed E-state index contributed by atoms with van der Waals surface area (Å²) in [7, 11) is 0. The molecule has 0 unspecified atom stereocenters. The summed E-state index contributed by atoms with van der Waals surface area (Å²) in [6.45, 7) is 0. The summed E-state index contributed by atoms with van der Waals surface area (Å²) in [5, 5.41) is 9.60. The molecule has 2 nitrogen and oxygen atoms in total. The zero-order chi connectivity index (χ0) is 5.49. The average molecular weight is 103 g/mol. The minimum atomic E-state index is -1.94. The molecule has 0 saturated heterocycles. The molecule has 1 rings (SSSR count). The Morgan fingerprint density at radius 3 is 2.14 bits per heavy atom. The van der Waals surface area contributed by atoms with Crippen molar-refractivity contribution < 1.29 is 14.3 Å². The number of carbonyl (C=O) groups excluding carboxylic acids is 1. The number of carboxylic acids is 1. The molecule has 0 N–H and O–H groups in total. The van der Waals surface area contributed by atoms with Crippen LogP contribution >= 0.6 is 0 Å². The molecular formula is C4H4FO2-. The van der Waals surface area contributed by atoms with E-state index in [1.54, 1.807) is 0 Å². The first-order valence-corrected chi connectivity index (χ1v) is 2.05. The Hall–Kier alpha value is -0.600. The molecule has 1 fully saturated rings. The van der Waals surface area contributed by atoms with Crippen LogP contribution in [-0.2, 0) is 4.79 Å². The maximum absolute atomic E-state index is 12.0. The predicted octanol–water partition coefficient (Wildman–Crippen LogP) is -0.762. The number of hydrogen-bond acceptors (Lipinski definition) is 2. The molecule has 0 spiro atoms. The van der Waals surface area contributed by atoms with Gasteiger partial charge in [-0.1, -0.05) is 0 Å². The molecule has 40 valence electrons. The highest BCUT2D eigenvalue weighted by molar-refractivity contribution is 5.78. The number of halogens is 1. The molecule has 0 aliphatic heterocycles. The van der Waals surface area contributed by atoms with E-state index in [1.807, 2.05) is 0 Å². The molecule has 3 heteroatoms. The normalized spacial score (nSPS) is 24.1. The molecule has 1 aliphatic carbocycles. The molecule has 0 heterocycles. The van der Waals surface area contributed by atoms with Crippen LogP contribution in [0.3, 0.4) is 0 Å². The Bertz CT molecular complexity index is 106. The molecule has 0 bridgehead atoms. The lowest BCUT2D eigenvalue weighted by atomic mass is 10.4. The van der Waals surface area contributed by atoms with Crippen LogP contribution in [0.1, 0.15) is 12.8 Å². The third-order valence-electron chi connectivity index (χ3n) is 1.05. The second-order valence-electron chi connectivity index (χ2n) is 1.75. The largest absolute Gasteiger partial charge is 0.547 e. The van der Waals surface area contributed by atoms with Gasteiger partial charge in [0.1, 0.15) is 5.67 Å². The molecule has 1 aliphatic rings. The number of carbonyl (C=O) groups is 1. The quantitative estimate of drug-likeness (QED) is 0.437. The smallest absolute Gasteiger partial charge is 0.150 e. The predicted molar refractivity (Wildman–Crippen MR) is 18.1 cm³/mol. The number of rotatable bonds is 1. The maximum atomic E-state index is 12.0. The first-order chi connectivity index (χ1) is 3.15. The lowest BCUT2D eigenvalue weighted by Crippen LogP contribution is -2.33. The van der Waals surface area contributed by atoms with E-state index in [4.69, 9.17) is 0 Å². The van der Waals surface area contributed by atoms with E-state index >= 15 is 0 Å². The van der Waals surface area contributed by atoms with Gasteiger partial charge in [0.25, 0.3) is 0 Å². The van der Waals surface area contributed by atoms with E-state index in [0.717, 1.165) is 0 Å². The van der Waals surface area contributed by atoms with Crippen molar-refractivity contribution in [2.75, 3.05) is 0 Å². The summed E-state index contributed by atoms with van der Waals surface area (Å²) in [4.78, 5) is 9.60. The summed E-state index contributed by atoms with van der Waals surface area (Å²) in [5.41, 5.74) is -1.94. The van der Waals surface area contributed by atoms with Gasteiger partial charge in [-0.2, -0.15) is 0 Å². The molecule has 0 amide bonds. The lowest BCUT2D eigenvalue weighted by Gasteiger charge is -2.01. The third kappa shape index (κ3) is 0.577. The van der Waals surface area contributed by atoms with E-state index < -0.39 is 11.6 Å². The van der Waals surface area contributed by atoms with Crippen LogP contribution in [0.2, 0.25) is 0 Å². The van der Waals surface area contributed by atoms with Crippen molar-refractivity contribution in [3.63, 3.8) is 0 Å². The number of hydrogen-bond donors (Lipinski definition) is 0. The first-order valence-electron chi connectivity index (χ1n) is 2.05. The molecule has 0 radical (unpaired) electrons.